The van der Waals surface area contributed by atoms with Crippen LogP contribution < -0.4 is 10.5 Å². The summed E-state index contributed by atoms with van der Waals surface area (Å²) in [5.74, 6) is 0. The van der Waals surface area contributed by atoms with Gasteiger partial charge in [0.15, 0.2) is 0 Å². The molecule has 4 nitrogen and oxygen atoms in total. The van der Waals surface area contributed by atoms with Crippen LogP contribution >= 0.6 is 55.1 Å². The van der Waals surface area contributed by atoms with Crippen LogP contribution in [0.1, 0.15) is 0 Å². The molecule has 2 aromatic rings. The topological polar surface area (TPSA) is 72.2 Å². The van der Waals surface area contributed by atoms with Gasteiger partial charge in [0, 0.05) is 14.0 Å². The Morgan fingerprint density at radius 1 is 1.10 bits per heavy atom. The molecule has 3 N–H and O–H groups in total. The van der Waals surface area contributed by atoms with Gasteiger partial charge in [-0.3, -0.25) is 4.72 Å². The van der Waals surface area contributed by atoms with E-state index in [0.717, 1.165) is 4.47 Å². The summed E-state index contributed by atoms with van der Waals surface area (Å²) in [7, 11) is -3.94. The minimum Gasteiger partial charge on any atom is -0.398 e. The van der Waals surface area contributed by atoms with E-state index in [0.29, 0.717) is 10.2 Å². The Hall–Kier alpha value is -0.470. The first-order valence-corrected chi connectivity index (χ1v) is 9.25. The lowest BCUT2D eigenvalue weighted by atomic mass is 10.3. The first-order chi connectivity index (χ1) is 9.70. The predicted molar refractivity (Wildman–Crippen MR) is 93.5 cm³/mol. The number of nitrogens with two attached hydrogens (primary N) is 1. The zero-order valence-corrected chi connectivity index (χ0v) is 15.7. The Morgan fingerprint density at radius 3 is 2.33 bits per heavy atom. The van der Waals surface area contributed by atoms with Crippen LogP contribution in [-0.4, -0.2) is 8.42 Å². The van der Waals surface area contributed by atoms with E-state index in [1.165, 1.54) is 12.1 Å². The summed E-state index contributed by atoms with van der Waals surface area (Å²) in [4.78, 5) is -0.205. The fourth-order valence-electron chi connectivity index (χ4n) is 1.63. The molecule has 0 unspecified atom stereocenters. The lowest BCUT2D eigenvalue weighted by Crippen LogP contribution is -2.15. The van der Waals surface area contributed by atoms with E-state index in [1.54, 1.807) is 18.2 Å². The highest BCUT2D eigenvalue weighted by molar-refractivity contribution is 9.11. The molecular formula is C12H8Br2Cl2N2O2S. The van der Waals surface area contributed by atoms with Gasteiger partial charge in [0.05, 0.1) is 16.4 Å². The maximum Gasteiger partial charge on any atom is 0.265 e. The number of benzene rings is 2. The van der Waals surface area contributed by atoms with Crippen LogP contribution in [0.2, 0.25) is 10.0 Å². The van der Waals surface area contributed by atoms with Gasteiger partial charge in [-0.25, -0.2) is 8.42 Å². The van der Waals surface area contributed by atoms with E-state index in [4.69, 9.17) is 28.9 Å². The van der Waals surface area contributed by atoms with E-state index in [-0.39, 0.29) is 20.6 Å². The summed E-state index contributed by atoms with van der Waals surface area (Å²) in [6.45, 7) is 0. The van der Waals surface area contributed by atoms with Crippen LogP contribution in [-0.2, 0) is 10.0 Å². The van der Waals surface area contributed by atoms with E-state index < -0.39 is 10.0 Å². The largest absolute Gasteiger partial charge is 0.398 e. The van der Waals surface area contributed by atoms with Crippen LogP contribution in [0.4, 0.5) is 11.4 Å². The van der Waals surface area contributed by atoms with E-state index in [9.17, 15) is 8.42 Å². The molecule has 0 atom stereocenters. The maximum atomic E-state index is 12.4. The highest BCUT2D eigenvalue weighted by atomic mass is 79.9. The zero-order valence-electron chi connectivity index (χ0n) is 10.2. The minimum atomic E-state index is -3.94. The average molecular weight is 475 g/mol. The van der Waals surface area contributed by atoms with Crippen molar-refractivity contribution in [2.45, 2.75) is 4.90 Å². The van der Waals surface area contributed by atoms with Crippen LogP contribution in [0.15, 0.2) is 44.2 Å². The smallest absolute Gasteiger partial charge is 0.265 e. The van der Waals surface area contributed by atoms with Gasteiger partial charge in [-0.05, 0) is 46.3 Å². The fraction of sp³-hybridized carbons (Fsp3) is 0. The fourth-order valence-corrected chi connectivity index (χ4v) is 4.98. The third kappa shape index (κ3) is 3.84. The molecule has 21 heavy (non-hydrogen) atoms. The molecule has 0 aromatic heterocycles. The molecule has 0 fully saturated rings. The van der Waals surface area contributed by atoms with Gasteiger partial charge < -0.3 is 5.73 Å². The number of anilines is 2. The summed E-state index contributed by atoms with van der Waals surface area (Å²) in [6, 6.07) is 7.68. The standard InChI is InChI=1S/C12H8Br2Cl2N2O2S/c13-6-1-2-11(8(14)3-6)18-21(19,20)12-9(16)4-7(15)5-10(12)17/h1-5,18H,17H2. The minimum absolute atomic E-state index is 0.0202. The number of nitrogen functional groups attached to an aromatic ring is 1. The van der Waals surface area contributed by atoms with Crippen LogP contribution in [0, 0.1) is 0 Å². The summed E-state index contributed by atoms with van der Waals surface area (Å²) in [6.07, 6.45) is 0. The molecule has 0 saturated carbocycles. The monoisotopic (exact) mass is 472 g/mol. The molecule has 0 saturated heterocycles. The van der Waals surface area contributed by atoms with Crippen LogP contribution in [0.5, 0.6) is 0 Å². The van der Waals surface area contributed by atoms with Gasteiger partial charge in [0.25, 0.3) is 10.0 Å². The number of halogens is 4. The molecular weight excluding hydrogens is 467 g/mol. The first-order valence-electron chi connectivity index (χ1n) is 5.43. The third-order valence-corrected chi connectivity index (χ3v) is 5.74. The van der Waals surface area contributed by atoms with Gasteiger partial charge >= 0.3 is 0 Å². The van der Waals surface area contributed by atoms with Crippen LogP contribution in [0.25, 0.3) is 0 Å². The molecule has 0 aliphatic heterocycles. The Morgan fingerprint density at radius 2 is 1.76 bits per heavy atom. The molecule has 2 rings (SSSR count). The molecule has 0 heterocycles. The number of rotatable bonds is 3. The molecule has 0 amide bonds. The molecule has 9 heteroatoms. The van der Waals surface area contributed by atoms with Crippen molar-refractivity contribution in [2.24, 2.45) is 0 Å². The predicted octanol–water partition coefficient (Wildman–Crippen LogP) is 4.90. The number of hydrogen-bond acceptors (Lipinski definition) is 3. The van der Waals surface area contributed by atoms with Gasteiger partial charge in [-0.2, -0.15) is 0 Å². The van der Waals surface area contributed by atoms with Gasteiger partial charge in [0.2, 0.25) is 0 Å². The second-order valence-electron chi connectivity index (χ2n) is 4.04. The molecule has 0 aliphatic rings. The van der Waals surface area contributed by atoms with Crippen molar-refractivity contribution < 1.29 is 8.42 Å². The summed E-state index contributed by atoms with van der Waals surface area (Å²) >= 11 is 18.3. The van der Waals surface area contributed by atoms with E-state index in [1.807, 2.05) is 0 Å². The third-order valence-electron chi connectivity index (χ3n) is 2.48. The number of sulfonamides is 1. The molecule has 2 aromatic carbocycles. The summed E-state index contributed by atoms with van der Waals surface area (Å²) in [5.41, 5.74) is 6.06. The zero-order chi connectivity index (χ0) is 15.8. The number of hydrogen-bond donors (Lipinski definition) is 2. The molecule has 0 bridgehead atoms. The maximum absolute atomic E-state index is 12.4. The van der Waals surface area contributed by atoms with E-state index in [2.05, 4.69) is 36.6 Å². The van der Waals surface area contributed by atoms with Gasteiger partial charge in [0.1, 0.15) is 4.90 Å². The Labute approximate surface area is 148 Å². The molecule has 0 aliphatic carbocycles. The molecule has 0 radical (unpaired) electrons. The Balaban J connectivity index is 2.48. The van der Waals surface area contributed by atoms with Crippen molar-refractivity contribution in [3.8, 4) is 0 Å². The van der Waals surface area contributed by atoms with Crippen molar-refractivity contribution in [3.63, 3.8) is 0 Å². The van der Waals surface area contributed by atoms with Crippen LogP contribution in [0.3, 0.4) is 0 Å². The molecule has 0 spiro atoms. The van der Waals surface area contributed by atoms with Crippen molar-refractivity contribution in [1.82, 2.24) is 0 Å². The second-order valence-corrected chi connectivity index (χ2v) is 8.27. The SMILES string of the molecule is Nc1cc(Cl)cc(Cl)c1S(=O)(=O)Nc1ccc(Br)cc1Br. The van der Waals surface area contributed by atoms with Gasteiger partial charge in [-0.1, -0.05) is 39.1 Å². The quantitative estimate of drug-likeness (QED) is 0.621. The second kappa shape index (κ2) is 6.34. The highest BCUT2D eigenvalue weighted by Crippen LogP contribution is 2.34. The van der Waals surface area contributed by atoms with Crippen molar-refractivity contribution in [1.29, 1.82) is 0 Å². The van der Waals surface area contributed by atoms with Gasteiger partial charge in [-0.15, -0.1) is 0 Å². The average Bonchev–Trinajstić information content (AvgIpc) is 2.30. The summed E-state index contributed by atoms with van der Waals surface area (Å²) in [5, 5.41) is 0.224. The lowest BCUT2D eigenvalue weighted by molar-refractivity contribution is 0.601. The highest BCUT2D eigenvalue weighted by Gasteiger charge is 2.23. The lowest BCUT2D eigenvalue weighted by Gasteiger charge is -2.13. The first kappa shape index (κ1) is 16.9. The normalized spacial score (nSPS) is 11.4. The molecule has 112 valence electrons. The van der Waals surface area contributed by atoms with Crippen molar-refractivity contribution in [2.75, 3.05) is 10.5 Å². The Bertz CT molecular complexity index is 790. The van der Waals surface area contributed by atoms with Crippen molar-refractivity contribution >= 4 is 76.5 Å². The summed E-state index contributed by atoms with van der Waals surface area (Å²) < 4.78 is 28.7. The van der Waals surface area contributed by atoms with Crippen molar-refractivity contribution in [3.05, 3.63) is 49.3 Å². The van der Waals surface area contributed by atoms with E-state index >= 15 is 0 Å². The number of nitrogens with one attached hydrogen (secondary N) is 1. The Kier molecular flexibility index (Phi) is 5.10.